The first kappa shape index (κ1) is 15.9. The Morgan fingerprint density at radius 1 is 1.48 bits per heavy atom. The van der Waals surface area contributed by atoms with Crippen LogP contribution in [0, 0.1) is 0 Å². The highest BCUT2D eigenvalue weighted by Gasteiger charge is 2.23. The van der Waals surface area contributed by atoms with E-state index in [4.69, 9.17) is 10.2 Å². The third kappa shape index (κ3) is 4.22. The molecule has 0 saturated heterocycles. The molecule has 0 aliphatic carbocycles. The molecule has 114 valence electrons. The average Bonchev–Trinajstić information content (AvgIpc) is 2.97. The molecule has 21 heavy (non-hydrogen) atoms. The van der Waals surface area contributed by atoms with Crippen molar-refractivity contribution in [2.45, 2.75) is 49.6 Å². The first-order valence-corrected chi connectivity index (χ1v) is 8.07. The SMILES string of the molecule is CCCc1cc(=O)[nH]c(SC(c2ccco2)C(N)CC)n1. The molecule has 0 aliphatic rings. The van der Waals surface area contributed by atoms with Crippen LogP contribution in [0.1, 0.15) is 43.4 Å². The lowest BCUT2D eigenvalue weighted by Crippen LogP contribution is -2.26. The molecule has 0 aromatic carbocycles. The molecule has 0 bridgehead atoms. The number of hydrogen-bond acceptors (Lipinski definition) is 5. The van der Waals surface area contributed by atoms with E-state index in [0.717, 1.165) is 30.7 Å². The highest BCUT2D eigenvalue weighted by molar-refractivity contribution is 7.99. The molecule has 5 nitrogen and oxygen atoms in total. The molecule has 2 unspecified atom stereocenters. The van der Waals surface area contributed by atoms with Gasteiger partial charge >= 0.3 is 0 Å². The summed E-state index contributed by atoms with van der Waals surface area (Å²) in [4.78, 5) is 19.0. The first-order chi connectivity index (χ1) is 10.1. The van der Waals surface area contributed by atoms with Gasteiger partial charge in [0.05, 0.1) is 11.5 Å². The Bertz CT molecular complexity index is 610. The summed E-state index contributed by atoms with van der Waals surface area (Å²) in [6.45, 7) is 4.10. The van der Waals surface area contributed by atoms with Crippen LogP contribution in [0.25, 0.3) is 0 Å². The molecule has 0 radical (unpaired) electrons. The monoisotopic (exact) mass is 307 g/mol. The van der Waals surface area contributed by atoms with Gasteiger partial charge in [0, 0.05) is 17.8 Å². The van der Waals surface area contributed by atoms with Crippen LogP contribution in [0.5, 0.6) is 0 Å². The zero-order chi connectivity index (χ0) is 15.2. The second kappa shape index (κ2) is 7.47. The fraction of sp³-hybridized carbons (Fsp3) is 0.467. The van der Waals surface area contributed by atoms with E-state index in [2.05, 4.69) is 16.9 Å². The zero-order valence-electron chi connectivity index (χ0n) is 12.3. The Kier molecular flexibility index (Phi) is 5.64. The van der Waals surface area contributed by atoms with Gasteiger partial charge in [-0.2, -0.15) is 0 Å². The predicted octanol–water partition coefficient (Wildman–Crippen LogP) is 2.89. The Morgan fingerprint density at radius 3 is 2.90 bits per heavy atom. The second-order valence-electron chi connectivity index (χ2n) is 4.92. The summed E-state index contributed by atoms with van der Waals surface area (Å²) >= 11 is 1.45. The molecule has 0 saturated carbocycles. The van der Waals surface area contributed by atoms with Crippen LogP contribution in [0.3, 0.4) is 0 Å². The quantitative estimate of drug-likeness (QED) is 0.607. The van der Waals surface area contributed by atoms with Gasteiger partial charge < -0.3 is 15.1 Å². The number of H-pyrrole nitrogens is 1. The predicted molar refractivity (Wildman–Crippen MR) is 84.4 cm³/mol. The summed E-state index contributed by atoms with van der Waals surface area (Å²) in [5.41, 5.74) is 6.88. The van der Waals surface area contributed by atoms with E-state index < -0.39 is 0 Å². The molecule has 2 aromatic heterocycles. The van der Waals surface area contributed by atoms with E-state index in [0.29, 0.717) is 5.16 Å². The summed E-state index contributed by atoms with van der Waals surface area (Å²) in [5, 5.41) is 0.529. The minimum atomic E-state index is -0.126. The molecule has 2 aromatic rings. The molecule has 0 aliphatic heterocycles. The van der Waals surface area contributed by atoms with Gasteiger partial charge in [0.2, 0.25) is 0 Å². The van der Waals surface area contributed by atoms with Crippen molar-refractivity contribution in [3.8, 4) is 0 Å². The summed E-state index contributed by atoms with van der Waals surface area (Å²) in [6.07, 6.45) is 4.20. The van der Waals surface area contributed by atoms with E-state index >= 15 is 0 Å². The van der Waals surface area contributed by atoms with Crippen LogP contribution in [-0.4, -0.2) is 16.0 Å². The maximum absolute atomic E-state index is 11.7. The molecular formula is C15H21N3O2S. The maximum atomic E-state index is 11.7. The first-order valence-electron chi connectivity index (χ1n) is 7.20. The minimum Gasteiger partial charge on any atom is -0.468 e. The lowest BCUT2D eigenvalue weighted by atomic mass is 10.1. The van der Waals surface area contributed by atoms with Crippen LogP contribution in [0.4, 0.5) is 0 Å². The van der Waals surface area contributed by atoms with Gasteiger partial charge in [0.1, 0.15) is 5.76 Å². The van der Waals surface area contributed by atoms with Gasteiger partial charge in [-0.25, -0.2) is 4.98 Å². The van der Waals surface area contributed by atoms with Crippen molar-refractivity contribution >= 4 is 11.8 Å². The number of nitrogens with two attached hydrogens (primary N) is 1. The van der Waals surface area contributed by atoms with E-state index in [-0.39, 0.29) is 16.9 Å². The number of nitrogens with one attached hydrogen (secondary N) is 1. The Balaban J connectivity index is 2.26. The summed E-state index contributed by atoms with van der Waals surface area (Å²) < 4.78 is 5.48. The summed E-state index contributed by atoms with van der Waals surface area (Å²) in [5.74, 6) is 0.804. The average molecular weight is 307 g/mol. The van der Waals surface area contributed by atoms with Crippen molar-refractivity contribution in [2.75, 3.05) is 0 Å². The van der Waals surface area contributed by atoms with Crippen molar-refractivity contribution in [3.63, 3.8) is 0 Å². The number of aryl methyl sites for hydroxylation is 1. The van der Waals surface area contributed by atoms with Gasteiger partial charge in [-0.15, -0.1) is 0 Å². The smallest absolute Gasteiger partial charge is 0.251 e. The third-order valence-corrected chi connectivity index (χ3v) is 4.45. The van der Waals surface area contributed by atoms with E-state index in [1.807, 2.05) is 19.1 Å². The number of rotatable bonds is 7. The van der Waals surface area contributed by atoms with Crippen molar-refractivity contribution in [1.82, 2.24) is 9.97 Å². The summed E-state index contributed by atoms with van der Waals surface area (Å²) in [6, 6.07) is 5.23. The van der Waals surface area contributed by atoms with Crippen LogP contribution >= 0.6 is 11.8 Å². The van der Waals surface area contributed by atoms with Crippen molar-refractivity contribution in [2.24, 2.45) is 5.73 Å². The minimum absolute atomic E-state index is 0.0648. The Labute approximate surface area is 128 Å². The molecule has 2 rings (SSSR count). The number of nitrogens with zero attached hydrogens (tertiary/aromatic N) is 1. The number of hydrogen-bond donors (Lipinski definition) is 2. The molecule has 6 heteroatoms. The number of aromatic amines is 1. The van der Waals surface area contributed by atoms with Crippen molar-refractivity contribution in [3.05, 3.63) is 46.3 Å². The second-order valence-corrected chi connectivity index (χ2v) is 6.05. The van der Waals surface area contributed by atoms with Crippen molar-refractivity contribution in [1.29, 1.82) is 0 Å². The zero-order valence-corrected chi connectivity index (χ0v) is 13.2. The topological polar surface area (TPSA) is 84.9 Å². The van der Waals surface area contributed by atoms with Crippen LogP contribution < -0.4 is 11.3 Å². The van der Waals surface area contributed by atoms with Gasteiger partial charge in [-0.1, -0.05) is 32.0 Å². The van der Waals surface area contributed by atoms with E-state index in [9.17, 15) is 4.79 Å². The van der Waals surface area contributed by atoms with E-state index in [1.54, 1.807) is 12.3 Å². The van der Waals surface area contributed by atoms with Gasteiger partial charge in [-0.3, -0.25) is 4.79 Å². The standard InChI is InChI=1S/C15H21N3O2S/c1-3-6-10-9-13(19)18-15(17-10)21-14(11(16)4-2)12-7-5-8-20-12/h5,7-9,11,14H,3-4,6,16H2,1-2H3,(H,17,18,19). The molecule has 2 atom stereocenters. The molecule has 0 spiro atoms. The highest BCUT2D eigenvalue weighted by Crippen LogP contribution is 2.36. The van der Waals surface area contributed by atoms with Crippen LogP contribution in [-0.2, 0) is 6.42 Å². The maximum Gasteiger partial charge on any atom is 0.251 e. The third-order valence-electron chi connectivity index (χ3n) is 3.20. The normalized spacial score (nSPS) is 14.0. The fourth-order valence-electron chi connectivity index (χ4n) is 2.07. The fourth-order valence-corrected chi connectivity index (χ4v) is 3.25. The number of thioether (sulfide) groups is 1. The van der Waals surface area contributed by atoms with Crippen molar-refractivity contribution < 1.29 is 4.42 Å². The molecule has 0 amide bonds. The van der Waals surface area contributed by atoms with Gasteiger partial charge in [0.25, 0.3) is 5.56 Å². The van der Waals surface area contributed by atoms with Crippen LogP contribution in [0.15, 0.2) is 38.8 Å². The number of aromatic nitrogens is 2. The Morgan fingerprint density at radius 2 is 2.29 bits per heavy atom. The summed E-state index contributed by atoms with van der Waals surface area (Å²) in [7, 11) is 0. The molecule has 3 N–H and O–H groups in total. The van der Waals surface area contributed by atoms with Crippen LogP contribution in [0.2, 0.25) is 0 Å². The Hall–Kier alpha value is -1.53. The number of furan rings is 1. The highest BCUT2D eigenvalue weighted by atomic mass is 32.2. The van der Waals surface area contributed by atoms with Gasteiger partial charge in [0.15, 0.2) is 5.16 Å². The largest absolute Gasteiger partial charge is 0.468 e. The lowest BCUT2D eigenvalue weighted by molar-refractivity contribution is 0.473. The molecule has 0 fully saturated rings. The molecular weight excluding hydrogens is 286 g/mol. The molecule has 2 heterocycles. The lowest BCUT2D eigenvalue weighted by Gasteiger charge is -2.19. The van der Waals surface area contributed by atoms with Gasteiger partial charge in [-0.05, 0) is 25.0 Å². The van der Waals surface area contributed by atoms with E-state index in [1.165, 1.54) is 11.8 Å².